The van der Waals surface area contributed by atoms with Crippen LogP contribution >= 0.6 is 0 Å². The van der Waals surface area contributed by atoms with Crippen molar-refractivity contribution < 1.29 is 9.90 Å². The normalized spacial score (nSPS) is 16.8. The largest absolute Gasteiger partial charge is 0.481 e. The van der Waals surface area contributed by atoms with Crippen LogP contribution in [0.15, 0.2) is 24.3 Å². The predicted octanol–water partition coefficient (Wildman–Crippen LogP) is 2.66. The molecule has 0 atom stereocenters. The first-order valence-electron chi connectivity index (χ1n) is 5.54. The maximum atomic E-state index is 10.7. The summed E-state index contributed by atoms with van der Waals surface area (Å²) in [7, 11) is 0. The van der Waals surface area contributed by atoms with Crippen LogP contribution in [0.1, 0.15) is 30.4 Å². The van der Waals surface area contributed by atoms with Gasteiger partial charge in [0.25, 0.3) is 0 Å². The Morgan fingerprint density at radius 2 is 1.73 bits per heavy atom. The molecular formula is C13H16O2. The van der Waals surface area contributed by atoms with E-state index in [9.17, 15) is 4.79 Å². The SMILES string of the molecule is O=C(O)CC1CCc2ccccc2CC1. The Hall–Kier alpha value is -1.31. The van der Waals surface area contributed by atoms with E-state index < -0.39 is 5.97 Å². The van der Waals surface area contributed by atoms with Crippen LogP contribution in [0, 0.1) is 5.92 Å². The van der Waals surface area contributed by atoms with Crippen molar-refractivity contribution in [2.45, 2.75) is 32.1 Å². The van der Waals surface area contributed by atoms with Crippen molar-refractivity contribution in [3.63, 3.8) is 0 Å². The smallest absolute Gasteiger partial charge is 0.303 e. The fourth-order valence-electron chi connectivity index (χ4n) is 2.36. The second-order valence-corrected chi connectivity index (χ2v) is 4.31. The summed E-state index contributed by atoms with van der Waals surface area (Å²) < 4.78 is 0. The average molecular weight is 204 g/mol. The van der Waals surface area contributed by atoms with E-state index in [0.717, 1.165) is 25.7 Å². The Balaban J connectivity index is 2.05. The van der Waals surface area contributed by atoms with Gasteiger partial charge >= 0.3 is 5.97 Å². The zero-order valence-corrected chi connectivity index (χ0v) is 8.78. The van der Waals surface area contributed by atoms with E-state index in [4.69, 9.17) is 5.11 Å². The third kappa shape index (κ3) is 2.58. The van der Waals surface area contributed by atoms with E-state index in [1.165, 1.54) is 11.1 Å². The molecule has 2 nitrogen and oxygen atoms in total. The standard InChI is InChI=1S/C13H16O2/c14-13(15)9-10-5-7-11-3-1-2-4-12(11)8-6-10/h1-4,10H,5-9H2,(H,14,15). The molecule has 0 saturated heterocycles. The first-order valence-corrected chi connectivity index (χ1v) is 5.54. The van der Waals surface area contributed by atoms with Crippen LogP contribution in [0.2, 0.25) is 0 Å². The monoisotopic (exact) mass is 204 g/mol. The number of carboxylic acid groups (broad SMARTS) is 1. The van der Waals surface area contributed by atoms with Crippen LogP contribution in [-0.2, 0) is 17.6 Å². The number of hydrogen-bond acceptors (Lipinski definition) is 1. The Labute approximate surface area is 89.9 Å². The van der Waals surface area contributed by atoms with E-state index in [0.29, 0.717) is 12.3 Å². The second kappa shape index (κ2) is 4.47. The lowest BCUT2D eigenvalue weighted by Crippen LogP contribution is -2.07. The van der Waals surface area contributed by atoms with Crippen molar-refractivity contribution in [2.75, 3.05) is 0 Å². The lowest BCUT2D eigenvalue weighted by molar-refractivity contribution is -0.138. The number of rotatable bonds is 2. The van der Waals surface area contributed by atoms with E-state index in [1.807, 2.05) is 0 Å². The third-order valence-electron chi connectivity index (χ3n) is 3.23. The number of aryl methyl sites for hydroxylation is 2. The zero-order valence-electron chi connectivity index (χ0n) is 8.78. The molecule has 0 aliphatic heterocycles. The molecule has 0 amide bonds. The molecule has 1 aromatic rings. The summed E-state index contributed by atoms with van der Waals surface area (Å²) in [5, 5.41) is 8.77. The number of carboxylic acids is 1. The van der Waals surface area contributed by atoms with Gasteiger partial charge in [0.05, 0.1) is 0 Å². The van der Waals surface area contributed by atoms with Gasteiger partial charge in [-0.05, 0) is 42.7 Å². The highest BCUT2D eigenvalue weighted by atomic mass is 16.4. The fraction of sp³-hybridized carbons (Fsp3) is 0.462. The molecule has 15 heavy (non-hydrogen) atoms. The minimum Gasteiger partial charge on any atom is -0.481 e. The van der Waals surface area contributed by atoms with Gasteiger partial charge in [-0.25, -0.2) is 0 Å². The molecule has 2 heteroatoms. The van der Waals surface area contributed by atoms with E-state index in [2.05, 4.69) is 24.3 Å². The number of fused-ring (bicyclic) bond motifs is 1. The topological polar surface area (TPSA) is 37.3 Å². The summed E-state index contributed by atoms with van der Waals surface area (Å²) in [5.41, 5.74) is 2.82. The maximum absolute atomic E-state index is 10.7. The molecule has 80 valence electrons. The summed E-state index contributed by atoms with van der Waals surface area (Å²) >= 11 is 0. The molecule has 1 N–H and O–H groups in total. The molecule has 0 spiro atoms. The van der Waals surface area contributed by atoms with Gasteiger partial charge in [-0.2, -0.15) is 0 Å². The van der Waals surface area contributed by atoms with Crippen molar-refractivity contribution in [3.05, 3.63) is 35.4 Å². The van der Waals surface area contributed by atoms with Crippen LogP contribution in [0.25, 0.3) is 0 Å². The molecular weight excluding hydrogens is 188 g/mol. The molecule has 0 bridgehead atoms. The Kier molecular flexibility index (Phi) is 3.05. The van der Waals surface area contributed by atoms with Crippen molar-refractivity contribution in [1.82, 2.24) is 0 Å². The van der Waals surface area contributed by atoms with Gasteiger partial charge in [0.1, 0.15) is 0 Å². The third-order valence-corrected chi connectivity index (χ3v) is 3.23. The zero-order chi connectivity index (χ0) is 10.7. The molecule has 1 aliphatic carbocycles. The van der Waals surface area contributed by atoms with Crippen LogP contribution in [-0.4, -0.2) is 11.1 Å². The van der Waals surface area contributed by atoms with Crippen molar-refractivity contribution >= 4 is 5.97 Å². The minimum atomic E-state index is -0.661. The van der Waals surface area contributed by atoms with Gasteiger partial charge in [0.2, 0.25) is 0 Å². The first-order chi connectivity index (χ1) is 7.25. The Morgan fingerprint density at radius 3 is 2.20 bits per heavy atom. The summed E-state index contributed by atoms with van der Waals surface area (Å²) in [6.07, 6.45) is 4.43. The van der Waals surface area contributed by atoms with E-state index in [-0.39, 0.29) is 0 Å². The van der Waals surface area contributed by atoms with Gasteiger partial charge in [-0.1, -0.05) is 24.3 Å². The number of aliphatic carboxylic acids is 1. The maximum Gasteiger partial charge on any atom is 0.303 e. The molecule has 0 heterocycles. The quantitative estimate of drug-likeness (QED) is 0.752. The van der Waals surface area contributed by atoms with Gasteiger partial charge in [0.15, 0.2) is 0 Å². The van der Waals surface area contributed by atoms with Gasteiger partial charge in [0, 0.05) is 6.42 Å². The summed E-state index contributed by atoms with van der Waals surface area (Å²) in [4.78, 5) is 10.7. The molecule has 0 saturated carbocycles. The summed E-state index contributed by atoms with van der Waals surface area (Å²) in [5.74, 6) is -0.305. The fourth-order valence-corrected chi connectivity index (χ4v) is 2.36. The minimum absolute atomic E-state index is 0.327. The molecule has 2 rings (SSSR count). The highest BCUT2D eigenvalue weighted by molar-refractivity contribution is 5.67. The van der Waals surface area contributed by atoms with Crippen LogP contribution in [0.3, 0.4) is 0 Å². The van der Waals surface area contributed by atoms with Crippen molar-refractivity contribution in [3.8, 4) is 0 Å². The van der Waals surface area contributed by atoms with Gasteiger partial charge in [-0.3, -0.25) is 4.79 Å². The number of benzene rings is 1. The van der Waals surface area contributed by atoms with Gasteiger partial charge in [-0.15, -0.1) is 0 Å². The highest BCUT2D eigenvalue weighted by Gasteiger charge is 2.17. The Bertz CT molecular complexity index is 330. The lowest BCUT2D eigenvalue weighted by atomic mass is 9.96. The molecule has 0 unspecified atom stereocenters. The molecule has 1 aliphatic rings. The van der Waals surface area contributed by atoms with Crippen LogP contribution < -0.4 is 0 Å². The molecule has 0 fully saturated rings. The Morgan fingerprint density at radius 1 is 1.20 bits per heavy atom. The molecule has 0 radical (unpaired) electrons. The summed E-state index contributed by atoms with van der Waals surface area (Å²) in [6.45, 7) is 0. The van der Waals surface area contributed by atoms with E-state index >= 15 is 0 Å². The van der Waals surface area contributed by atoms with Crippen molar-refractivity contribution in [1.29, 1.82) is 0 Å². The van der Waals surface area contributed by atoms with Gasteiger partial charge < -0.3 is 5.11 Å². The molecule has 1 aromatic carbocycles. The van der Waals surface area contributed by atoms with E-state index in [1.54, 1.807) is 0 Å². The van der Waals surface area contributed by atoms with Crippen LogP contribution in [0.4, 0.5) is 0 Å². The molecule has 0 aromatic heterocycles. The predicted molar refractivity (Wildman–Crippen MR) is 58.8 cm³/mol. The first kappa shape index (κ1) is 10.2. The number of carbonyl (C=O) groups is 1. The number of hydrogen-bond donors (Lipinski definition) is 1. The average Bonchev–Trinajstić information content (AvgIpc) is 2.41. The summed E-state index contributed by atoms with van der Waals surface area (Å²) in [6, 6.07) is 8.46. The second-order valence-electron chi connectivity index (χ2n) is 4.31. The van der Waals surface area contributed by atoms with Crippen molar-refractivity contribution in [2.24, 2.45) is 5.92 Å². The highest BCUT2D eigenvalue weighted by Crippen LogP contribution is 2.26. The lowest BCUT2D eigenvalue weighted by Gasteiger charge is -2.09. The van der Waals surface area contributed by atoms with Crippen LogP contribution in [0.5, 0.6) is 0 Å².